The number of halogens is 1. The van der Waals surface area contributed by atoms with E-state index in [0.29, 0.717) is 17.5 Å². The summed E-state index contributed by atoms with van der Waals surface area (Å²) >= 11 is 0. The van der Waals surface area contributed by atoms with Crippen molar-refractivity contribution in [2.75, 3.05) is 0 Å². The molecule has 2 aromatic carbocycles. The van der Waals surface area contributed by atoms with Gasteiger partial charge >= 0.3 is 0 Å². The van der Waals surface area contributed by atoms with Gasteiger partial charge in [0.1, 0.15) is 11.5 Å². The van der Waals surface area contributed by atoms with E-state index in [1.807, 2.05) is 26.0 Å². The van der Waals surface area contributed by atoms with Gasteiger partial charge < -0.3 is 0 Å². The Morgan fingerprint density at radius 2 is 1.68 bits per heavy atom. The van der Waals surface area contributed by atoms with E-state index in [9.17, 15) is 9.18 Å². The second-order valence-corrected chi connectivity index (χ2v) is 5.21. The van der Waals surface area contributed by atoms with Crippen LogP contribution in [0.3, 0.4) is 0 Å². The molecule has 0 bridgehead atoms. The van der Waals surface area contributed by atoms with Crippen LogP contribution in [0.1, 0.15) is 21.6 Å². The molecule has 4 nitrogen and oxygen atoms in total. The van der Waals surface area contributed by atoms with Gasteiger partial charge in [0.15, 0.2) is 12.0 Å². The minimum atomic E-state index is -0.332. The van der Waals surface area contributed by atoms with Gasteiger partial charge in [-0.3, -0.25) is 4.79 Å². The summed E-state index contributed by atoms with van der Waals surface area (Å²) < 4.78 is 14.7. The summed E-state index contributed by atoms with van der Waals surface area (Å²) in [7, 11) is 0. The van der Waals surface area contributed by atoms with Gasteiger partial charge in [0, 0.05) is 5.56 Å². The number of aromatic nitrogens is 3. The lowest BCUT2D eigenvalue weighted by Crippen LogP contribution is -2.01. The average molecular weight is 295 g/mol. The second kappa shape index (κ2) is 5.52. The van der Waals surface area contributed by atoms with Crippen LogP contribution in [0.4, 0.5) is 4.39 Å². The van der Waals surface area contributed by atoms with E-state index in [2.05, 4.69) is 16.4 Å². The topological polar surface area (TPSA) is 47.8 Å². The molecule has 0 amide bonds. The summed E-state index contributed by atoms with van der Waals surface area (Å²) in [6.45, 7) is 3.98. The van der Waals surface area contributed by atoms with Crippen molar-refractivity contribution in [2.24, 2.45) is 0 Å². The van der Waals surface area contributed by atoms with Crippen molar-refractivity contribution in [1.29, 1.82) is 0 Å². The normalized spacial score (nSPS) is 10.7. The van der Waals surface area contributed by atoms with E-state index in [0.717, 1.165) is 16.8 Å². The number of aldehydes is 1. The van der Waals surface area contributed by atoms with Crippen molar-refractivity contribution in [2.45, 2.75) is 13.8 Å². The molecule has 1 heterocycles. The van der Waals surface area contributed by atoms with Gasteiger partial charge in [-0.15, -0.1) is 5.10 Å². The van der Waals surface area contributed by atoms with E-state index < -0.39 is 0 Å². The zero-order valence-electron chi connectivity index (χ0n) is 12.2. The third kappa shape index (κ3) is 2.53. The van der Waals surface area contributed by atoms with Crippen molar-refractivity contribution < 1.29 is 9.18 Å². The Labute approximate surface area is 127 Å². The molecule has 0 saturated carbocycles. The molecule has 0 spiro atoms. The summed E-state index contributed by atoms with van der Waals surface area (Å²) in [4.78, 5) is 11.3. The molecule has 0 N–H and O–H groups in total. The van der Waals surface area contributed by atoms with Crippen LogP contribution in [0.15, 0.2) is 42.5 Å². The third-order valence-electron chi connectivity index (χ3n) is 3.38. The zero-order valence-corrected chi connectivity index (χ0v) is 12.2. The molecule has 5 heteroatoms. The fourth-order valence-electron chi connectivity index (χ4n) is 2.50. The molecular formula is C17H14FN3O. The van der Waals surface area contributed by atoms with Crippen molar-refractivity contribution in [1.82, 2.24) is 15.0 Å². The van der Waals surface area contributed by atoms with Crippen LogP contribution in [0, 0.1) is 19.7 Å². The standard InChI is InChI=1S/C17H14FN3O/c1-11-7-12(2)9-15(8-11)21-17(16(10-22)19-20-21)13-3-5-14(18)6-4-13/h3-10H,1-2H3. The van der Waals surface area contributed by atoms with Gasteiger partial charge in [0.05, 0.1) is 5.69 Å². The Kier molecular flexibility index (Phi) is 3.55. The average Bonchev–Trinajstić information content (AvgIpc) is 2.91. The Hall–Kier alpha value is -2.82. The molecule has 0 aliphatic heterocycles. The van der Waals surface area contributed by atoms with Gasteiger partial charge in [-0.05, 0) is 61.4 Å². The smallest absolute Gasteiger partial charge is 0.172 e. The summed E-state index contributed by atoms with van der Waals surface area (Å²) in [5.41, 5.74) is 4.46. The van der Waals surface area contributed by atoms with Crippen LogP contribution in [0.2, 0.25) is 0 Å². The van der Waals surface area contributed by atoms with Crippen LogP contribution < -0.4 is 0 Å². The summed E-state index contributed by atoms with van der Waals surface area (Å²) in [6.07, 6.45) is 0.658. The first kappa shape index (κ1) is 14.1. The SMILES string of the molecule is Cc1cc(C)cc(-n2nnc(C=O)c2-c2ccc(F)cc2)c1. The minimum Gasteiger partial charge on any atom is -0.296 e. The third-order valence-corrected chi connectivity index (χ3v) is 3.38. The number of aryl methyl sites for hydroxylation is 2. The second-order valence-electron chi connectivity index (χ2n) is 5.21. The molecule has 0 fully saturated rings. The van der Waals surface area contributed by atoms with Gasteiger partial charge in [-0.2, -0.15) is 0 Å². The van der Waals surface area contributed by atoms with Crippen LogP contribution in [0.25, 0.3) is 16.9 Å². The predicted octanol–water partition coefficient (Wildman–Crippen LogP) is 3.50. The number of hydrogen-bond donors (Lipinski definition) is 0. The number of carbonyl (C=O) groups is 1. The Balaban J connectivity index is 2.23. The van der Waals surface area contributed by atoms with Crippen molar-refractivity contribution in [3.63, 3.8) is 0 Å². The van der Waals surface area contributed by atoms with Crippen LogP contribution in [-0.2, 0) is 0 Å². The van der Waals surface area contributed by atoms with Crippen molar-refractivity contribution in [3.8, 4) is 16.9 Å². The van der Waals surface area contributed by atoms with Crippen LogP contribution in [-0.4, -0.2) is 21.3 Å². The quantitative estimate of drug-likeness (QED) is 0.695. The summed E-state index contributed by atoms with van der Waals surface area (Å²) in [5, 5.41) is 8.00. The number of nitrogens with zero attached hydrogens (tertiary/aromatic N) is 3. The first-order valence-electron chi connectivity index (χ1n) is 6.84. The first-order valence-corrected chi connectivity index (χ1v) is 6.84. The van der Waals surface area contributed by atoms with Crippen LogP contribution in [0.5, 0.6) is 0 Å². The fourth-order valence-corrected chi connectivity index (χ4v) is 2.50. The van der Waals surface area contributed by atoms with E-state index in [4.69, 9.17) is 0 Å². The summed E-state index contributed by atoms with van der Waals surface area (Å²) in [5.74, 6) is -0.332. The number of hydrogen-bond acceptors (Lipinski definition) is 3. The summed E-state index contributed by atoms with van der Waals surface area (Å²) in [6, 6.07) is 11.9. The first-order chi connectivity index (χ1) is 10.6. The van der Waals surface area contributed by atoms with Gasteiger partial charge in [-0.25, -0.2) is 9.07 Å². The van der Waals surface area contributed by atoms with E-state index in [-0.39, 0.29) is 11.5 Å². The predicted molar refractivity (Wildman–Crippen MR) is 81.6 cm³/mol. The Morgan fingerprint density at radius 1 is 1.05 bits per heavy atom. The zero-order chi connectivity index (χ0) is 15.7. The van der Waals surface area contributed by atoms with E-state index >= 15 is 0 Å². The van der Waals surface area contributed by atoms with Crippen molar-refractivity contribution in [3.05, 3.63) is 65.1 Å². The highest BCUT2D eigenvalue weighted by atomic mass is 19.1. The molecule has 0 atom stereocenters. The number of rotatable bonds is 3. The Bertz CT molecular complexity index is 817. The van der Waals surface area contributed by atoms with E-state index in [1.165, 1.54) is 12.1 Å². The van der Waals surface area contributed by atoms with Gasteiger partial charge in [-0.1, -0.05) is 11.3 Å². The van der Waals surface area contributed by atoms with Gasteiger partial charge in [0.25, 0.3) is 0 Å². The molecule has 22 heavy (non-hydrogen) atoms. The lowest BCUT2D eigenvalue weighted by Gasteiger charge is -2.09. The maximum atomic E-state index is 13.1. The lowest BCUT2D eigenvalue weighted by atomic mass is 10.1. The fraction of sp³-hybridized carbons (Fsp3) is 0.118. The van der Waals surface area contributed by atoms with Crippen LogP contribution >= 0.6 is 0 Å². The molecule has 3 rings (SSSR count). The monoisotopic (exact) mass is 295 g/mol. The molecule has 0 aliphatic rings. The molecule has 0 unspecified atom stereocenters. The largest absolute Gasteiger partial charge is 0.296 e. The highest BCUT2D eigenvalue weighted by Crippen LogP contribution is 2.25. The number of benzene rings is 2. The molecule has 0 saturated heterocycles. The minimum absolute atomic E-state index is 0.228. The molecule has 3 aromatic rings. The lowest BCUT2D eigenvalue weighted by molar-refractivity contribution is 0.111. The highest BCUT2D eigenvalue weighted by Gasteiger charge is 2.16. The number of carbonyl (C=O) groups excluding carboxylic acids is 1. The van der Waals surface area contributed by atoms with Crippen molar-refractivity contribution >= 4 is 6.29 Å². The maximum absolute atomic E-state index is 13.1. The molecular weight excluding hydrogens is 281 g/mol. The van der Waals surface area contributed by atoms with E-state index in [1.54, 1.807) is 16.8 Å². The molecule has 1 aromatic heterocycles. The molecule has 0 radical (unpaired) electrons. The van der Waals surface area contributed by atoms with Gasteiger partial charge in [0.2, 0.25) is 0 Å². The molecule has 0 aliphatic carbocycles. The Morgan fingerprint density at radius 3 is 2.27 bits per heavy atom. The maximum Gasteiger partial charge on any atom is 0.172 e. The molecule has 110 valence electrons. The highest BCUT2D eigenvalue weighted by molar-refractivity contribution is 5.84.